The average Bonchev–Trinajstić information content (AvgIpc) is 3.86. The quantitative estimate of drug-likeness (QED) is 0.0261. The zero-order valence-electron chi connectivity index (χ0n) is 36.0. The molecule has 338 valence electrons. The molecule has 19 heteroatoms. The van der Waals surface area contributed by atoms with Crippen molar-refractivity contribution in [3.63, 3.8) is 0 Å². The summed E-state index contributed by atoms with van der Waals surface area (Å²) in [6, 6.07) is 20.9. The molecule has 2 aromatic carbocycles. The molecular weight excluding hydrogens is 879 g/mol. The van der Waals surface area contributed by atoms with Crippen molar-refractivity contribution in [3.05, 3.63) is 113 Å². The van der Waals surface area contributed by atoms with E-state index in [1.807, 2.05) is 72.8 Å². The number of amides is 3. The fourth-order valence-electron chi connectivity index (χ4n) is 7.42. The number of halogens is 1. The fraction of sp³-hybridized carbons (Fsp3) is 0.356. The third kappa shape index (κ3) is 12.9. The highest BCUT2D eigenvalue weighted by Crippen LogP contribution is 2.38. The van der Waals surface area contributed by atoms with Crippen molar-refractivity contribution in [2.45, 2.75) is 69.4 Å². The maximum atomic E-state index is 17.5. The number of nitrogens with zero attached hydrogens (tertiary/aromatic N) is 3. The number of allylic oxidation sites excluding steroid dienone is 2. The number of pyridine rings is 1. The van der Waals surface area contributed by atoms with E-state index in [0.717, 1.165) is 46.7 Å². The maximum absolute atomic E-state index is 17.5. The summed E-state index contributed by atoms with van der Waals surface area (Å²) in [6.07, 6.45) is 9.18. The second kappa shape index (κ2) is 23.0. The minimum atomic E-state index is -4.67. The van der Waals surface area contributed by atoms with Crippen molar-refractivity contribution < 1.29 is 45.6 Å². The Morgan fingerprint density at radius 3 is 2.27 bits per heavy atom. The van der Waals surface area contributed by atoms with Gasteiger partial charge in [0, 0.05) is 72.6 Å². The lowest BCUT2D eigenvalue weighted by Crippen LogP contribution is -2.50. The first-order valence-electron chi connectivity index (χ1n) is 21.1. The van der Waals surface area contributed by atoms with Gasteiger partial charge in [0.1, 0.15) is 28.3 Å². The molecular formula is C45H53BFN6O8S3+. The van der Waals surface area contributed by atoms with Crippen LogP contribution in [0.3, 0.4) is 0 Å². The minimum Gasteiger partial charge on any atom is -0.497 e. The summed E-state index contributed by atoms with van der Waals surface area (Å²) < 4.78 is 65.1. The number of aromatic nitrogens is 2. The van der Waals surface area contributed by atoms with E-state index in [4.69, 9.17) is 9.47 Å². The Morgan fingerprint density at radius 2 is 1.61 bits per heavy atom. The van der Waals surface area contributed by atoms with E-state index >= 15 is 4.32 Å². The number of hydrogen-bond acceptors (Lipinski definition) is 10. The van der Waals surface area contributed by atoms with E-state index in [0.29, 0.717) is 59.3 Å². The molecule has 0 spiro atoms. The Balaban J connectivity index is 1.11. The molecule has 2 aliphatic rings. The molecule has 0 saturated carbocycles. The van der Waals surface area contributed by atoms with E-state index in [1.165, 1.54) is 10.8 Å². The largest absolute Gasteiger partial charge is 0.846 e. The molecule has 3 amide bonds. The van der Waals surface area contributed by atoms with Gasteiger partial charge in [-0.3, -0.25) is 23.4 Å². The van der Waals surface area contributed by atoms with Gasteiger partial charge in [-0.15, -0.1) is 0 Å². The third-order valence-corrected chi connectivity index (χ3v) is 13.7. The van der Waals surface area contributed by atoms with Gasteiger partial charge in [-0.25, -0.2) is 13.8 Å². The number of nitrogens with one attached hydrogen (secondary N) is 3. The van der Waals surface area contributed by atoms with Crippen LogP contribution in [0.1, 0.15) is 68.7 Å². The molecule has 1 unspecified atom stereocenters. The first kappa shape index (κ1) is 48.1. The fourth-order valence-corrected chi connectivity index (χ4v) is 9.86. The monoisotopic (exact) mass is 931 g/mol. The van der Waals surface area contributed by atoms with Gasteiger partial charge in [0.25, 0.3) is 10.1 Å². The van der Waals surface area contributed by atoms with Crippen LogP contribution in [-0.2, 0) is 30.9 Å². The molecule has 4 aromatic rings. The zero-order chi connectivity index (χ0) is 45.6. The normalized spacial score (nSPS) is 13.7. The van der Waals surface area contributed by atoms with Crippen molar-refractivity contribution in [3.8, 4) is 22.8 Å². The first-order valence-corrected chi connectivity index (χ1v) is 25.1. The lowest BCUT2D eigenvalue weighted by Gasteiger charge is -2.19. The Kier molecular flexibility index (Phi) is 17.3. The lowest BCUT2D eigenvalue weighted by molar-refractivity contribution is -0.335. The van der Waals surface area contributed by atoms with Crippen molar-refractivity contribution in [2.75, 3.05) is 38.8 Å². The molecule has 2 aromatic heterocycles. The Bertz CT molecular complexity index is 2480. The van der Waals surface area contributed by atoms with Crippen LogP contribution < -0.4 is 25.4 Å². The SMILES string of the molecule is CCCCc1cc(-c2ccc(OC)cc2)n2c1C=C1C(CCC(=O)NC(CS(=O)(=O)O)C(=O)NCCCCC(=O)NCCSSc3ccccn3)=CC(c3ccc(OC)cc3)=[N+]1B2F. The molecule has 6 rings (SSSR count). The van der Waals surface area contributed by atoms with Gasteiger partial charge in [0.05, 0.1) is 14.2 Å². The van der Waals surface area contributed by atoms with Crippen LogP contribution in [0.15, 0.2) is 101 Å². The number of aryl methyl sites for hydroxylation is 1. The number of ether oxygens (including phenoxy) is 2. The summed E-state index contributed by atoms with van der Waals surface area (Å²) in [4.78, 5) is 43.2. The lowest BCUT2D eigenvalue weighted by atomic mass is 9.92. The van der Waals surface area contributed by atoms with Gasteiger partial charge in [-0.2, -0.15) is 8.42 Å². The highest BCUT2D eigenvalue weighted by Gasteiger charge is 2.51. The predicted molar refractivity (Wildman–Crippen MR) is 251 cm³/mol. The first-order chi connectivity index (χ1) is 30.9. The van der Waals surface area contributed by atoms with Crippen LogP contribution in [0.4, 0.5) is 4.32 Å². The van der Waals surface area contributed by atoms with Crippen LogP contribution in [0.5, 0.6) is 11.5 Å². The van der Waals surface area contributed by atoms with Crippen molar-refractivity contribution in [1.82, 2.24) is 25.4 Å². The predicted octanol–water partition coefficient (Wildman–Crippen LogP) is 6.50. The topological polar surface area (TPSA) is 181 Å². The molecule has 64 heavy (non-hydrogen) atoms. The Morgan fingerprint density at radius 1 is 0.891 bits per heavy atom. The molecule has 2 aliphatic heterocycles. The molecule has 0 bridgehead atoms. The number of fused-ring (bicyclic) bond motifs is 2. The molecule has 0 aliphatic carbocycles. The van der Waals surface area contributed by atoms with E-state index < -0.39 is 41.0 Å². The second-order valence-corrected chi connectivity index (χ2v) is 19.1. The van der Waals surface area contributed by atoms with Crippen molar-refractivity contribution >= 4 is 68.5 Å². The van der Waals surface area contributed by atoms with E-state index in [-0.39, 0.29) is 31.7 Å². The van der Waals surface area contributed by atoms with Gasteiger partial charge < -0.3 is 25.4 Å². The summed E-state index contributed by atoms with van der Waals surface area (Å²) in [6.45, 7) is 2.71. The summed E-state index contributed by atoms with van der Waals surface area (Å²) in [5, 5.41) is 8.85. The smallest absolute Gasteiger partial charge is 0.497 e. The van der Waals surface area contributed by atoms with Crippen LogP contribution >= 0.6 is 21.6 Å². The summed E-state index contributed by atoms with van der Waals surface area (Å²) in [5.74, 6) is -0.571. The number of unbranched alkanes of at least 4 members (excludes halogenated alkanes) is 2. The second-order valence-electron chi connectivity index (χ2n) is 15.2. The summed E-state index contributed by atoms with van der Waals surface area (Å²) >= 11 is 0. The molecule has 0 saturated heterocycles. The van der Waals surface area contributed by atoms with Gasteiger partial charge in [0.15, 0.2) is 11.4 Å². The minimum absolute atomic E-state index is 0.119. The molecule has 0 fully saturated rings. The van der Waals surface area contributed by atoms with Crippen LogP contribution in [0, 0.1) is 0 Å². The number of carbonyl (C=O) groups excluding carboxylic acids is 3. The zero-order valence-corrected chi connectivity index (χ0v) is 38.5. The molecule has 14 nitrogen and oxygen atoms in total. The van der Waals surface area contributed by atoms with E-state index in [2.05, 4.69) is 27.9 Å². The standard InChI is InChI=1S/C45H52BFN6O8S3/c1-4-5-10-33-27-38(31-13-18-35(60-2)19-14-31)52-40(33)29-41-34(28-39(53(41)46(52)47)32-15-20-36(61-3)21-16-32)17-22-43(55)51-37(30-64(57,58)59)45(56)50-24-8-6-11-42(54)48-25-26-62-63-44-12-7-9-23-49-44/h7,9,12-16,18-21,23,27-29,37H,4-6,8,10-11,17,22,24-26,30H2,1-3H3,(H3-,48,50,51,54,55,56,57,58,59)/p+1. The van der Waals surface area contributed by atoms with Gasteiger partial charge in [-0.05, 0) is 121 Å². The third-order valence-electron chi connectivity index (χ3n) is 10.7. The Labute approximate surface area is 381 Å². The van der Waals surface area contributed by atoms with E-state index in [1.54, 1.807) is 52.3 Å². The van der Waals surface area contributed by atoms with Gasteiger partial charge >= 0.3 is 7.26 Å². The molecule has 4 N–H and O–H groups in total. The number of benzene rings is 2. The highest BCUT2D eigenvalue weighted by atomic mass is 33.1. The van der Waals surface area contributed by atoms with Crippen LogP contribution in [-0.4, -0.2) is 102 Å². The van der Waals surface area contributed by atoms with Crippen molar-refractivity contribution in [1.29, 1.82) is 0 Å². The van der Waals surface area contributed by atoms with Crippen LogP contribution in [0.2, 0.25) is 0 Å². The highest BCUT2D eigenvalue weighted by molar-refractivity contribution is 8.76. The maximum Gasteiger partial charge on any atom is 0.846 e. The van der Waals surface area contributed by atoms with Gasteiger partial charge in [-0.1, -0.05) is 30.2 Å². The van der Waals surface area contributed by atoms with Crippen LogP contribution in [0.25, 0.3) is 17.3 Å². The number of methoxy groups -OCH3 is 2. The number of hydrogen-bond donors (Lipinski definition) is 4. The Hall–Kier alpha value is -5.37. The number of carbonyl (C=O) groups is 3. The summed E-state index contributed by atoms with van der Waals surface area (Å²) in [7, 11) is -0.0622. The molecule has 1 atom stereocenters. The van der Waals surface area contributed by atoms with Gasteiger partial charge in [0.2, 0.25) is 17.7 Å². The molecule has 0 radical (unpaired) electrons. The van der Waals surface area contributed by atoms with Crippen molar-refractivity contribution in [2.24, 2.45) is 0 Å². The number of rotatable bonds is 24. The summed E-state index contributed by atoms with van der Waals surface area (Å²) in [5.41, 5.74) is 5.78. The average molecular weight is 932 g/mol. The molecule has 4 heterocycles. The van der Waals surface area contributed by atoms with E-state index in [9.17, 15) is 27.4 Å².